The highest BCUT2D eigenvalue weighted by Gasteiger charge is 2.51. The zero-order valence-corrected chi connectivity index (χ0v) is 14.3. The predicted octanol–water partition coefficient (Wildman–Crippen LogP) is 1.34. The van der Waals surface area contributed by atoms with Crippen LogP contribution in [0, 0.1) is 16.7 Å². The van der Waals surface area contributed by atoms with E-state index in [2.05, 4.69) is 16.2 Å². The molecule has 4 rings (SSSR count). The Bertz CT molecular complexity index is 776. The number of methoxy groups -OCH3 is 1. The molecule has 1 aromatic rings. The first-order chi connectivity index (χ1) is 11.5. The van der Waals surface area contributed by atoms with Crippen LogP contribution in [0.25, 0.3) is 0 Å². The smallest absolute Gasteiger partial charge is 0.245 e. The summed E-state index contributed by atoms with van der Waals surface area (Å²) in [4.78, 5) is 4.41. The third-order valence-electron chi connectivity index (χ3n) is 5.14. The average molecular weight is 352 g/mol. The number of rotatable bonds is 6. The second-order valence-electron chi connectivity index (χ2n) is 7.09. The molecule has 2 saturated carbocycles. The van der Waals surface area contributed by atoms with E-state index in [0.717, 1.165) is 12.8 Å². The van der Waals surface area contributed by atoms with Crippen molar-refractivity contribution in [1.82, 2.24) is 14.4 Å². The third-order valence-corrected chi connectivity index (χ3v) is 7.18. The molecule has 1 aromatic heterocycles. The predicted molar refractivity (Wildman–Crippen MR) is 82.2 cm³/mol. The quantitative estimate of drug-likeness (QED) is 0.760. The van der Waals surface area contributed by atoms with Crippen molar-refractivity contribution in [2.24, 2.45) is 5.41 Å². The minimum absolute atomic E-state index is 0.146. The zero-order chi connectivity index (χ0) is 16.9. The third kappa shape index (κ3) is 2.83. The van der Waals surface area contributed by atoms with Gasteiger partial charge in [-0.3, -0.25) is 0 Å². The van der Waals surface area contributed by atoms with Crippen molar-refractivity contribution < 1.29 is 17.7 Å². The number of hydrogen-bond donors (Lipinski definition) is 0. The molecule has 0 radical (unpaired) electrons. The first-order valence-electron chi connectivity index (χ1n) is 8.23. The van der Waals surface area contributed by atoms with E-state index >= 15 is 0 Å². The number of aromatic nitrogens is 2. The fraction of sp³-hybridized carbons (Fsp3) is 0.800. The van der Waals surface area contributed by atoms with Crippen LogP contribution in [0.2, 0.25) is 0 Å². The first kappa shape index (κ1) is 16.0. The number of ether oxygens (including phenoxy) is 1. The lowest BCUT2D eigenvalue weighted by molar-refractivity contribution is 0.114. The van der Waals surface area contributed by atoms with E-state index < -0.39 is 21.5 Å². The molecule has 2 aliphatic carbocycles. The summed E-state index contributed by atoms with van der Waals surface area (Å²) in [7, 11) is -2.03. The van der Waals surface area contributed by atoms with Gasteiger partial charge in [-0.25, -0.2) is 8.42 Å². The molecule has 0 aromatic carbocycles. The molecule has 9 heteroatoms. The van der Waals surface area contributed by atoms with Crippen molar-refractivity contribution >= 4 is 10.0 Å². The Balaban J connectivity index is 1.59. The Labute approximate surface area is 140 Å². The molecule has 1 saturated heterocycles. The van der Waals surface area contributed by atoms with Crippen LogP contribution in [0.4, 0.5) is 0 Å². The van der Waals surface area contributed by atoms with Crippen LogP contribution in [-0.2, 0) is 14.8 Å². The molecule has 3 fully saturated rings. The molecule has 2 atom stereocenters. The van der Waals surface area contributed by atoms with Gasteiger partial charge in [-0.15, -0.1) is 0 Å². The normalized spacial score (nSPS) is 29.5. The lowest BCUT2D eigenvalue weighted by Crippen LogP contribution is -2.36. The molecule has 0 bridgehead atoms. The van der Waals surface area contributed by atoms with E-state index in [1.165, 1.54) is 4.31 Å². The minimum atomic E-state index is -3.60. The van der Waals surface area contributed by atoms with Crippen molar-refractivity contribution in [3.63, 3.8) is 0 Å². The van der Waals surface area contributed by atoms with Gasteiger partial charge in [0.2, 0.25) is 15.9 Å². The van der Waals surface area contributed by atoms with Crippen LogP contribution in [0.1, 0.15) is 55.8 Å². The largest absolute Gasteiger partial charge is 0.380 e. The van der Waals surface area contributed by atoms with Gasteiger partial charge in [0.25, 0.3) is 0 Å². The second kappa shape index (κ2) is 5.51. The summed E-state index contributed by atoms with van der Waals surface area (Å²) >= 11 is 0. The molecule has 0 unspecified atom stereocenters. The maximum absolute atomic E-state index is 12.9. The van der Waals surface area contributed by atoms with Gasteiger partial charge in [0, 0.05) is 26.0 Å². The summed E-state index contributed by atoms with van der Waals surface area (Å²) in [5, 5.41) is 13.2. The lowest BCUT2D eigenvalue weighted by Gasteiger charge is -2.22. The first-order valence-corrected chi connectivity index (χ1v) is 9.84. The van der Waals surface area contributed by atoms with Crippen LogP contribution >= 0.6 is 0 Å². The van der Waals surface area contributed by atoms with Gasteiger partial charge in [0.1, 0.15) is 6.04 Å². The standard InChI is InChI=1S/C15H20N4O4S/c1-22-11-6-12(14-17-13(18-23-14)10-2-3-10)19(7-11)24(20,21)9-15(8-16)4-5-15/h10-12H,2-7,9H2,1H3/t11-,12+/m0/s1. The summed E-state index contributed by atoms with van der Waals surface area (Å²) in [5.74, 6) is 1.20. The molecule has 24 heavy (non-hydrogen) atoms. The Kier molecular flexibility index (Phi) is 3.67. The van der Waals surface area contributed by atoms with E-state index in [1.807, 2.05) is 0 Å². The number of nitriles is 1. The highest BCUT2D eigenvalue weighted by atomic mass is 32.2. The Morgan fingerprint density at radius 1 is 1.46 bits per heavy atom. The highest BCUT2D eigenvalue weighted by molar-refractivity contribution is 7.89. The molecule has 0 amide bonds. The van der Waals surface area contributed by atoms with Gasteiger partial charge < -0.3 is 9.26 Å². The molecular formula is C15H20N4O4S. The molecule has 0 spiro atoms. The van der Waals surface area contributed by atoms with Crippen LogP contribution in [-0.4, -0.2) is 48.4 Å². The Morgan fingerprint density at radius 3 is 2.79 bits per heavy atom. The Hall–Kier alpha value is -1.50. The SMILES string of the molecule is CO[C@H]1C[C@H](c2nc(C3CC3)no2)N(S(=O)(=O)CC2(C#N)CC2)C1. The van der Waals surface area contributed by atoms with Gasteiger partial charge in [0.05, 0.1) is 23.3 Å². The number of hydrogen-bond acceptors (Lipinski definition) is 7. The average Bonchev–Trinajstić information content (AvgIpc) is 3.45. The van der Waals surface area contributed by atoms with Gasteiger partial charge in [-0.05, 0) is 25.7 Å². The summed E-state index contributed by atoms with van der Waals surface area (Å²) in [6.07, 6.45) is 3.66. The number of nitrogens with zero attached hydrogens (tertiary/aromatic N) is 4. The van der Waals surface area contributed by atoms with E-state index in [-0.39, 0.29) is 18.4 Å². The maximum Gasteiger partial charge on any atom is 0.245 e. The molecule has 2 heterocycles. The fourth-order valence-electron chi connectivity index (χ4n) is 3.23. The van der Waals surface area contributed by atoms with Gasteiger partial charge >= 0.3 is 0 Å². The molecule has 130 valence electrons. The summed E-state index contributed by atoms with van der Waals surface area (Å²) < 4.78 is 37.9. The molecule has 3 aliphatic rings. The minimum Gasteiger partial charge on any atom is -0.380 e. The van der Waals surface area contributed by atoms with E-state index in [9.17, 15) is 13.7 Å². The Morgan fingerprint density at radius 2 is 2.21 bits per heavy atom. The molecule has 1 aliphatic heterocycles. The van der Waals surface area contributed by atoms with Gasteiger partial charge in [0.15, 0.2) is 5.82 Å². The molecule has 0 N–H and O–H groups in total. The van der Waals surface area contributed by atoms with Crippen molar-refractivity contribution in [3.05, 3.63) is 11.7 Å². The summed E-state index contributed by atoms with van der Waals surface area (Å²) in [6, 6.07) is 1.65. The van der Waals surface area contributed by atoms with Gasteiger partial charge in [-0.1, -0.05) is 5.16 Å². The van der Waals surface area contributed by atoms with E-state index in [1.54, 1.807) is 7.11 Å². The number of sulfonamides is 1. The zero-order valence-electron chi connectivity index (χ0n) is 13.5. The monoisotopic (exact) mass is 352 g/mol. The van der Waals surface area contributed by atoms with Crippen LogP contribution in [0.3, 0.4) is 0 Å². The van der Waals surface area contributed by atoms with Crippen LogP contribution in [0.15, 0.2) is 4.52 Å². The summed E-state index contributed by atoms with van der Waals surface area (Å²) in [5.41, 5.74) is -0.720. The highest BCUT2D eigenvalue weighted by Crippen LogP contribution is 2.48. The lowest BCUT2D eigenvalue weighted by atomic mass is 10.2. The van der Waals surface area contributed by atoms with Crippen molar-refractivity contribution in [3.8, 4) is 6.07 Å². The van der Waals surface area contributed by atoms with Crippen LogP contribution < -0.4 is 0 Å². The maximum atomic E-state index is 12.9. The van der Waals surface area contributed by atoms with Crippen LogP contribution in [0.5, 0.6) is 0 Å². The topological polar surface area (TPSA) is 109 Å². The van der Waals surface area contributed by atoms with Crippen molar-refractivity contribution in [1.29, 1.82) is 5.26 Å². The molecular weight excluding hydrogens is 332 g/mol. The summed E-state index contributed by atoms with van der Waals surface area (Å²) in [6.45, 7) is 0.256. The molecule has 8 nitrogen and oxygen atoms in total. The van der Waals surface area contributed by atoms with E-state index in [4.69, 9.17) is 9.26 Å². The fourth-order valence-corrected chi connectivity index (χ4v) is 5.41. The van der Waals surface area contributed by atoms with Gasteiger partial charge in [-0.2, -0.15) is 14.6 Å². The second-order valence-corrected chi connectivity index (χ2v) is 9.01. The van der Waals surface area contributed by atoms with Crippen molar-refractivity contribution in [2.45, 2.75) is 50.2 Å². The van der Waals surface area contributed by atoms with Crippen molar-refractivity contribution in [2.75, 3.05) is 19.4 Å². The van der Waals surface area contributed by atoms with E-state index in [0.29, 0.717) is 36.9 Å².